The van der Waals surface area contributed by atoms with E-state index in [0.717, 1.165) is 22.4 Å². The van der Waals surface area contributed by atoms with Gasteiger partial charge >= 0.3 is 0 Å². The fraction of sp³-hybridized carbons (Fsp3) is 0.0625. The molecule has 21 heavy (non-hydrogen) atoms. The lowest BCUT2D eigenvalue weighted by Gasteiger charge is -2.12. The molecular formula is C16H15N5. The SMILES string of the molecule is Cc1c(NN)nc(-c2cccnc2)nc1-c1ccccc1. The summed E-state index contributed by atoms with van der Waals surface area (Å²) in [4.78, 5) is 13.2. The third kappa shape index (κ3) is 2.59. The summed E-state index contributed by atoms with van der Waals surface area (Å²) < 4.78 is 0. The molecule has 0 saturated carbocycles. The van der Waals surface area contributed by atoms with E-state index in [2.05, 4.69) is 20.4 Å². The van der Waals surface area contributed by atoms with Gasteiger partial charge < -0.3 is 5.43 Å². The topological polar surface area (TPSA) is 76.7 Å². The molecule has 3 rings (SSSR count). The molecule has 2 aromatic heterocycles. The van der Waals surface area contributed by atoms with Crippen molar-refractivity contribution in [1.82, 2.24) is 15.0 Å². The Labute approximate surface area is 122 Å². The van der Waals surface area contributed by atoms with Crippen molar-refractivity contribution >= 4 is 5.82 Å². The Morgan fingerprint density at radius 3 is 2.38 bits per heavy atom. The van der Waals surface area contributed by atoms with Crippen molar-refractivity contribution in [2.75, 3.05) is 5.43 Å². The molecule has 0 atom stereocenters. The van der Waals surface area contributed by atoms with E-state index in [9.17, 15) is 0 Å². The lowest BCUT2D eigenvalue weighted by Crippen LogP contribution is -2.12. The summed E-state index contributed by atoms with van der Waals surface area (Å²) in [6.45, 7) is 1.95. The van der Waals surface area contributed by atoms with Crippen LogP contribution in [0.5, 0.6) is 0 Å². The highest BCUT2D eigenvalue weighted by atomic mass is 15.3. The van der Waals surface area contributed by atoms with Crippen molar-refractivity contribution in [2.45, 2.75) is 6.92 Å². The number of hydrogen-bond acceptors (Lipinski definition) is 5. The average Bonchev–Trinajstić information content (AvgIpc) is 2.56. The van der Waals surface area contributed by atoms with Crippen LogP contribution >= 0.6 is 0 Å². The molecule has 0 amide bonds. The second-order valence-electron chi connectivity index (χ2n) is 4.62. The number of anilines is 1. The molecule has 3 aromatic rings. The molecule has 2 heterocycles. The Kier molecular flexibility index (Phi) is 3.57. The van der Waals surface area contributed by atoms with Gasteiger partial charge in [-0.2, -0.15) is 0 Å². The van der Waals surface area contributed by atoms with Gasteiger partial charge in [0.15, 0.2) is 5.82 Å². The van der Waals surface area contributed by atoms with Crippen LogP contribution in [0, 0.1) is 6.92 Å². The maximum atomic E-state index is 5.59. The Morgan fingerprint density at radius 1 is 0.952 bits per heavy atom. The van der Waals surface area contributed by atoms with Crippen LogP contribution in [0.3, 0.4) is 0 Å². The zero-order chi connectivity index (χ0) is 14.7. The maximum absolute atomic E-state index is 5.59. The van der Waals surface area contributed by atoms with Crippen molar-refractivity contribution in [2.24, 2.45) is 5.84 Å². The van der Waals surface area contributed by atoms with Gasteiger partial charge in [0.05, 0.1) is 5.69 Å². The monoisotopic (exact) mass is 277 g/mol. The maximum Gasteiger partial charge on any atom is 0.163 e. The number of hydrazine groups is 1. The van der Waals surface area contributed by atoms with Gasteiger partial charge in [0.2, 0.25) is 0 Å². The van der Waals surface area contributed by atoms with E-state index in [-0.39, 0.29) is 0 Å². The lowest BCUT2D eigenvalue weighted by molar-refractivity contribution is 1.11. The molecule has 0 aliphatic heterocycles. The van der Waals surface area contributed by atoms with E-state index in [1.54, 1.807) is 12.4 Å². The summed E-state index contributed by atoms with van der Waals surface area (Å²) in [5, 5.41) is 0. The molecule has 0 bridgehead atoms. The first-order valence-electron chi connectivity index (χ1n) is 6.60. The van der Waals surface area contributed by atoms with Crippen molar-refractivity contribution in [1.29, 1.82) is 0 Å². The molecule has 1 aromatic carbocycles. The fourth-order valence-corrected chi connectivity index (χ4v) is 2.16. The number of hydrogen-bond donors (Lipinski definition) is 2. The summed E-state index contributed by atoms with van der Waals surface area (Å²) in [6.07, 6.45) is 3.46. The van der Waals surface area contributed by atoms with E-state index in [1.807, 2.05) is 49.4 Å². The smallest absolute Gasteiger partial charge is 0.163 e. The normalized spacial score (nSPS) is 10.4. The van der Waals surface area contributed by atoms with Crippen molar-refractivity contribution < 1.29 is 0 Å². The van der Waals surface area contributed by atoms with Gasteiger partial charge in [0.1, 0.15) is 5.82 Å². The van der Waals surface area contributed by atoms with Crippen LogP contribution in [0.25, 0.3) is 22.6 Å². The van der Waals surface area contributed by atoms with E-state index in [1.165, 1.54) is 0 Å². The van der Waals surface area contributed by atoms with Crippen LogP contribution in [-0.2, 0) is 0 Å². The first-order chi connectivity index (χ1) is 10.3. The number of aromatic nitrogens is 3. The Bertz CT molecular complexity index is 741. The molecule has 0 fully saturated rings. The predicted molar refractivity (Wildman–Crippen MR) is 83.2 cm³/mol. The fourth-order valence-electron chi connectivity index (χ4n) is 2.16. The highest BCUT2D eigenvalue weighted by Gasteiger charge is 2.13. The Hall–Kier alpha value is -2.79. The number of benzene rings is 1. The molecule has 0 aliphatic carbocycles. The van der Waals surface area contributed by atoms with Crippen LogP contribution in [0.15, 0.2) is 54.9 Å². The highest BCUT2D eigenvalue weighted by Crippen LogP contribution is 2.28. The summed E-state index contributed by atoms with van der Waals surface area (Å²) in [7, 11) is 0. The minimum atomic E-state index is 0.598. The molecular weight excluding hydrogens is 262 g/mol. The van der Waals surface area contributed by atoms with Gasteiger partial charge in [-0.25, -0.2) is 15.8 Å². The van der Waals surface area contributed by atoms with Gasteiger partial charge in [-0.05, 0) is 19.1 Å². The van der Waals surface area contributed by atoms with Crippen LogP contribution in [0.2, 0.25) is 0 Å². The van der Waals surface area contributed by atoms with Crippen LogP contribution in [0.1, 0.15) is 5.56 Å². The third-order valence-corrected chi connectivity index (χ3v) is 3.25. The van der Waals surface area contributed by atoms with Gasteiger partial charge in [-0.3, -0.25) is 4.98 Å². The van der Waals surface area contributed by atoms with Crippen molar-refractivity contribution in [3.05, 3.63) is 60.4 Å². The number of pyridine rings is 1. The summed E-state index contributed by atoms with van der Waals surface area (Å²) >= 11 is 0. The van der Waals surface area contributed by atoms with E-state index < -0.39 is 0 Å². The molecule has 3 N–H and O–H groups in total. The number of nitrogens with two attached hydrogens (primary N) is 1. The Balaban J connectivity index is 2.21. The zero-order valence-corrected chi connectivity index (χ0v) is 11.6. The van der Waals surface area contributed by atoms with Crippen LogP contribution in [-0.4, -0.2) is 15.0 Å². The quantitative estimate of drug-likeness (QED) is 0.568. The van der Waals surface area contributed by atoms with Gasteiger partial charge in [0, 0.05) is 29.1 Å². The minimum Gasteiger partial charge on any atom is -0.308 e. The minimum absolute atomic E-state index is 0.598. The molecule has 5 heteroatoms. The zero-order valence-electron chi connectivity index (χ0n) is 11.6. The van der Waals surface area contributed by atoms with E-state index in [4.69, 9.17) is 5.84 Å². The van der Waals surface area contributed by atoms with Gasteiger partial charge in [-0.15, -0.1) is 0 Å². The van der Waals surface area contributed by atoms with Gasteiger partial charge in [-0.1, -0.05) is 30.3 Å². The van der Waals surface area contributed by atoms with E-state index in [0.29, 0.717) is 11.6 Å². The Morgan fingerprint density at radius 2 is 1.71 bits per heavy atom. The first kappa shape index (κ1) is 13.2. The lowest BCUT2D eigenvalue weighted by atomic mass is 10.1. The third-order valence-electron chi connectivity index (χ3n) is 3.25. The second kappa shape index (κ2) is 5.68. The van der Waals surface area contributed by atoms with Crippen molar-refractivity contribution in [3.8, 4) is 22.6 Å². The standard InChI is InChI=1S/C16H15N5/c1-11-14(12-6-3-2-4-7-12)19-16(20-15(11)21-17)13-8-5-9-18-10-13/h2-10H,17H2,1H3,(H,19,20,21). The molecule has 104 valence electrons. The first-order valence-corrected chi connectivity index (χ1v) is 6.60. The predicted octanol–water partition coefficient (Wildman–Crippen LogP) is 2.80. The summed E-state index contributed by atoms with van der Waals surface area (Å²) in [5.74, 6) is 6.80. The van der Waals surface area contributed by atoms with Crippen LogP contribution < -0.4 is 11.3 Å². The molecule has 0 saturated heterocycles. The molecule has 0 spiro atoms. The summed E-state index contributed by atoms with van der Waals surface area (Å²) in [6, 6.07) is 13.8. The number of nitrogen functional groups attached to an aromatic ring is 1. The molecule has 0 aliphatic rings. The molecule has 5 nitrogen and oxygen atoms in total. The van der Waals surface area contributed by atoms with Crippen molar-refractivity contribution in [3.63, 3.8) is 0 Å². The van der Waals surface area contributed by atoms with Gasteiger partial charge in [0.25, 0.3) is 0 Å². The largest absolute Gasteiger partial charge is 0.308 e. The molecule has 0 unspecified atom stereocenters. The average molecular weight is 277 g/mol. The number of nitrogens with one attached hydrogen (secondary N) is 1. The number of rotatable bonds is 3. The molecule has 0 radical (unpaired) electrons. The van der Waals surface area contributed by atoms with Crippen LogP contribution in [0.4, 0.5) is 5.82 Å². The van der Waals surface area contributed by atoms with E-state index >= 15 is 0 Å². The highest BCUT2D eigenvalue weighted by molar-refractivity contribution is 5.71. The number of nitrogens with zero attached hydrogens (tertiary/aromatic N) is 3. The summed E-state index contributed by atoms with van der Waals surface area (Å²) in [5.41, 5.74) is 6.30. The second-order valence-corrected chi connectivity index (χ2v) is 4.62.